The average Bonchev–Trinajstić information content (AvgIpc) is 3.58. The van der Waals surface area contributed by atoms with Gasteiger partial charge in [0.1, 0.15) is 29.3 Å². The van der Waals surface area contributed by atoms with Crippen LogP contribution in [0.15, 0.2) is 55.1 Å². The fourth-order valence-corrected chi connectivity index (χ4v) is 6.73. The first-order valence-corrected chi connectivity index (χ1v) is 14.6. The standard InChI is InChI=1S/C29H28ClN7O2S/c30-23-15-19(4-7-25(23)39-17-20-3-1-2-8-31-20)34-28-26-21-5-6-24-22(27(21)40-29(26)33-18-32-28)16-37(35-24)10-9-36-11-13-38-14-12-36/h1-4,7-8,15-16,18H,5-6,9-14,17H2,(H,32,33,34). The van der Waals surface area contributed by atoms with Crippen LogP contribution in [0.25, 0.3) is 20.7 Å². The Hall–Kier alpha value is -3.57. The predicted octanol–water partition coefficient (Wildman–Crippen LogP) is 5.36. The molecule has 0 radical (unpaired) electrons. The number of anilines is 2. The zero-order valence-corrected chi connectivity index (χ0v) is 23.4. The van der Waals surface area contributed by atoms with Crippen molar-refractivity contribution in [1.82, 2.24) is 29.6 Å². The number of benzene rings is 1. The van der Waals surface area contributed by atoms with E-state index in [1.165, 1.54) is 16.0 Å². The molecule has 1 fully saturated rings. The monoisotopic (exact) mass is 573 g/mol. The van der Waals surface area contributed by atoms with Crippen LogP contribution in [-0.4, -0.2) is 62.5 Å². The highest BCUT2D eigenvalue weighted by molar-refractivity contribution is 7.22. The molecule has 0 unspecified atom stereocenters. The maximum Gasteiger partial charge on any atom is 0.142 e. The highest BCUT2D eigenvalue weighted by atomic mass is 35.5. The van der Waals surface area contributed by atoms with Gasteiger partial charge in [-0.05, 0) is 48.7 Å². The molecule has 204 valence electrons. The van der Waals surface area contributed by atoms with Crippen molar-refractivity contribution in [2.45, 2.75) is 26.0 Å². The first kappa shape index (κ1) is 25.4. The number of fused-ring (bicyclic) bond motifs is 5. The van der Waals surface area contributed by atoms with Crippen LogP contribution in [0.5, 0.6) is 5.75 Å². The topological polar surface area (TPSA) is 90.2 Å². The number of pyridine rings is 1. The fraction of sp³-hybridized carbons (Fsp3) is 0.310. The molecule has 4 aromatic heterocycles. The summed E-state index contributed by atoms with van der Waals surface area (Å²) in [6.07, 6.45) is 7.38. The van der Waals surface area contributed by atoms with E-state index in [0.717, 1.165) is 85.3 Å². The Morgan fingerprint density at radius 1 is 1.05 bits per heavy atom. The number of hydrogen-bond acceptors (Lipinski definition) is 9. The molecule has 2 aliphatic rings. The van der Waals surface area contributed by atoms with E-state index in [1.807, 2.05) is 36.4 Å². The lowest BCUT2D eigenvalue weighted by Crippen LogP contribution is -2.38. The Balaban J connectivity index is 1.11. The third-order valence-corrected chi connectivity index (χ3v) is 8.80. The summed E-state index contributed by atoms with van der Waals surface area (Å²) >= 11 is 8.29. The van der Waals surface area contributed by atoms with Gasteiger partial charge in [-0.1, -0.05) is 17.7 Å². The van der Waals surface area contributed by atoms with E-state index in [4.69, 9.17) is 26.2 Å². The van der Waals surface area contributed by atoms with E-state index in [-0.39, 0.29) is 0 Å². The molecule has 40 heavy (non-hydrogen) atoms. The molecule has 1 saturated heterocycles. The van der Waals surface area contributed by atoms with Crippen molar-refractivity contribution in [2.24, 2.45) is 0 Å². The Labute approximate surface area is 240 Å². The Morgan fingerprint density at radius 2 is 1.98 bits per heavy atom. The van der Waals surface area contributed by atoms with Crippen LogP contribution >= 0.6 is 22.9 Å². The predicted molar refractivity (Wildman–Crippen MR) is 157 cm³/mol. The molecular weight excluding hydrogens is 546 g/mol. The summed E-state index contributed by atoms with van der Waals surface area (Å²) < 4.78 is 13.5. The van der Waals surface area contributed by atoms with Gasteiger partial charge in [-0.25, -0.2) is 9.97 Å². The normalized spacial score (nSPS) is 15.1. The van der Waals surface area contributed by atoms with Crippen molar-refractivity contribution in [3.8, 4) is 16.2 Å². The van der Waals surface area contributed by atoms with Gasteiger partial charge in [-0.15, -0.1) is 11.3 Å². The highest BCUT2D eigenvalue weighted by Crippen LogP contribution is 2.45. The van der Waals surface area contributed by atoms with Crippen LogP contribution in [0.2, 0.25) is 5.02 Å². The number of aryl methyl sites for hydroxylation is 2. The summed E-state index contributed by atoms with van der Waals surface area (Å²) in [7, 11) is 0. The molecule has 0 amide bonds. The van der Waals surface area contributed by atoms with Gasteiger partial charge in [-0.3, -0.25) is 14.6 Å². The highest BCUT2D eigenvalue weighted by Gasteiger charge is 2.26. The van der Waals surface area contributed by atoms with E-state index in [1.54, 1.807) is 23.9 Å². The minimum Gasteiger partial charge on any atom is -0.486 e. The quantitative estimate of drug-likeness (QED) is 0.265. The molecular formula is C29H28ClN7O2S. The van der Waals surface area contributed by atoms with Crippen LogP contribution < -0.4 is 10.1 Å². The van der Waals surface area contributed by atoms with Gasteiger partial charge in [0.2, 0.25) is 0 Å². The first-order chi connectivity index (χ1) is 19.7. The molecule has 0 saturated carbocycles. The molecule has 11 heteroatoms. The first-order valence-electron chi connectivity index (χ1n) is 13.4. The number of nitrogens with one attached hydrogen (secondary N) is 1. The van der Waals surface area contributed by atoms with Gasteiger partial charge in [0, 0.05) is 48.2 Å². The van der Waals surface area contributed by atoms with E-state index in [2.05, 4.69) is 36.0 Å². The molecule has 1 aromatic carbocycles. The largest absolute Gasteiger partial charge is 0.486 e. The number of rotatable bonds is 8. The second kappa shape index (κ2) is 11.1. The third kappa shape index (κ3) is 5.15. The zero-order valence-electron chi connectivity index (χ0n) is 21.8. The Bertz CT molecular complexity index is 1650. The summed E-state index contributed by atoms with van der Waals surface area (Å²) in [5, 5.41) is 10.00. The van der Waals surface area contributed by atoms with Gasteiger partial charge < -0.3 is 14.8 Å². The molecule has 1 aliphatic carbocycles. The number of morpholine rings is 1. The van der Waals surface area contributed by atoms with Gasteiger partial charge >= 0.3 is 0 Å². The van der Waals surface area contributed by atoms with Crippen molar-refractivity contribution in [3.05, 3.63) is 77.1 Å². The Kier molecular flexibility index (Phi) is 7.07. The second-order valence-electron chi connectivity index (χ2n) is 9.90. The summed E-state index contributed by atoms with van der Waals surface area (Å²) in [5.41, 5.74) is 5.34. The molecule has 0 spiro atoms. The smallest absolute Gasteiger partial charge is 0.142 e. The lowest BCUT2D eigenvalue weighted by Gasteiger charge is -2.26. The summed E-state index contributed by atoms with van der Waals surface area (Å²) in [6, 6.07) is 11.4. The van der Waals surface area contributed by atoms with Gasteiger partial charge in [-0.2, -0.15) is 5.10 Å². The van der Waals surface area contributed by atoms with Crippen molar-refractivity contribution < 1.29 is 9.47 Å². The third-order valence-electron chi connectivity index (χ3n) is 7.33. The van der Waals surface area contributed by atoms with Crippen LogP contribution in [-0.2, 0) is 30.7 Å². The van der Waals surface area contributed by atoms with Gasteiger partial charge in [0.15, 0.2) is 0 Å². The van der Waals surface area contributed by atoms with Crippen LogP contribution in [0.1, 0.15) is 17.0 Å². The van der Waals surface area contributed by atoms with E-state index in [9.17, 15) is 0 Å². The zero-order chi connectivity index (χ0) is 26.9. The average molecular weight is 574 g/mol. The minimum atomic E-state index is 0.354. The summed E-state index contributed by atoms with van der Waals surface area (Å²) in [4.78, 5) is 18.2. The van der Waals surface area contributed by atoms with Crippen LogP contribution in [0, 0.1) is 0 Å². The molecule has 5 aromatic rings. The molecule has 1 N–H and O–H groups in total. The van der Waals surface area contributed by atoms with Gasteiger partial charge in [0.25, 0.3) is 0 Å². The maximum absolute atomic E-state index is 6.57. The fourth-order valence-electron chi connectivity index (χ4n) is 5.27. The van der Waals surface area contributed by atoms with Crippen LogP contribution in [0.4, 0.5) is 11.5 Å². The van der Waals surface area contributed by atoms with E-state index in [0.29, 0.717) is 17.4 Å². The van der Waals surface area contributed by atoms with Crippen molar-refractivity contribution in [3.63, 3.8) is 0 Å². The van der Waals surface area contributed by atoms with Gasteiger partial charge in [0.05, 0.1) is 41.6 Å². The van der Waals surface area contributed by atoms with Crippen LogP contribution in [0.3, 0.4) is 0 Å². The number of aromatic nitrogens is 5. The molecule has 0 atom stereocenters. The number of halogens is 1. The second-order valence-corrected chi connectivity index (χ2v) is 11.3. The Morgan fingerprint density at radius 3 is 2.83 bits per heavy atom. The number of thiophene rings is 1. The lowest BCUT2D eigenvalue weighted by atomic mass is 9.95. The van der Waals surface area contributed by atoms with E-state index >= 15 is 0 Å². The lowest BCUT2D eigenvalue weighted by molar-refractivity contribution is 0.0359. The van der Waals surface area contributed by atoms with Crippen molar-refractivity contribution in [2.75, 3.05) is 38.2 Å². The maximum atomic E-state index is 6.57. The summed E-state index contributed by atoms with van der Waals surface area (Å²) in [5.74, 6) is 1.39. The minimum absolute atomic E-state index is 0.354. The number of ether oxygens (including phenoxy) is 2. The molecule has 1 aliphatic heterocycles. The number of nitrogens with zero attached hydrogens (tertiary/aromatic N) is 6. The number of hydrogen-bond donors (Lipinski definition) is 1. The SMILES string of the molecule is Clc1cc(Nc2ncnc3sc4c(c23)CCc2nn(CCN3CCOCC3)cc2-4)ccc1OCc1ccccn1. The van der Waals surface area contributed by atoms with E-state index < -0.39 is 0 Å². The molecule has 7 rings (SSSR count). The van der Waals surface area contributed by atoms with Crippen molar-refractivity contribution >= 4 is 44.7 Å². The molecule has 9 nitrogen and oxygen atoms in total. The molecule has 5 heterocycles. The van der Waals surface area contributed by atoms with Crippen molar-refractivity contribution in [1.29, 1.82) is 0 Å². The molecule has 0 bridgehead atoms. The summed E-state index contributed by atoms with van der Waals surface area (Å²) in [6.45, 7) is 5.82.